The van der Waals surface area contributed by atoms with Crippen LogP contribution < -0.4 is 0 Å². The van der Waals surface area contributed by atoms with Crippen molar-refractivity contribution >= 4 is 5.78 Å². The highest BCUT2D eigenvalue weighted by Crippen LogP contribution is 2.49. The molecule has 0 aromatic carbocycles. The molecule has 0 radical (unpaired) electrons. The monoisotopic (exact) mass is 178 g/mol. The molecule has 0 heterocycles. The normalized spacial score (nSPS) is 44.5. The molecule has 0 aromatic rings. The summed E-state index contributed by atoms with van der Waals surface area (Å²) in [7, 11) is 0. The van der Waals surface area contributed by atoms with Crippen molar-refractivity contribution in [3.05, 3.63) is 11.6 Å². The second kappa shape index (κ2) is 2.70. The van der Waals surface area contributed by atoms with Crippen LogP contribution in [-0.4, -0.2) is 5.78 Å². The van der Waals surface area contributed by atoms with Gasteiger partial charge < -0.3 is 0 Å². The summed E-state index contributed by atoms with van der Waals surface area (Å²) in [5.41, 5.74) is 1.62. The first kappa shape index (κ1) is 8.98. The largest absolute Gasteiger partial charge is 0.300 e. The molecule has 3 aliphatic carbocycles. The van der Waals surface area contributed by atoms with Gasteiger partial charge in [-0.05, 0) is 30.6 Å². The molecule has 3 aliphatic rings. The summed E-state index contributed by atoms with van der Waals surface area (Å²) in [5.74, 6) is 1.68. The van der Waals surface area contributed by atoms with E-state index in [0.717, 1.165) is 12.8 Å². The van der Waals surface area contributed by atoms with Crippen LogP contribution in [0.1, 0.15) is 40.0 Å². The molecule has 3 atom stereocenters. The second-order valence-corrected chi connectivity index (χ2v) is 5.08. The number of ketones is 1. The fraction of sp³-hybridized carbons (Fsp3) is 0.750. The van der Waals surface area contributed by atoms with Gasteiger partial charge in [0.05, 0.1) is 0 Å². The Bertz CT molecular complexity index is 277. The van der Waals surface area contributed by atoms with Crippen molar-refractivity contribution in [2.45, 2.75) is 40.0 Å². The number of allylic oxidation sites excluding steroid dienone is 2. The predicted octanol–water partition coefficient (Wildman–Crippen LogP) is 2.96. The Hall–Kier alpha value is -0.590. The Morgan fingerprint density at radius 2 is 2.23 bits per heavy atom. The lowest BCUT2D eigenvalue weighted by Crippen LogP contribution is -2.30. The van der Waals surface area contributed by atoms with Crippen LogP contribution in [0.5, 0.6) is 0 Å². The molecule has 0 amide bonds. The fourth-order valence-electron chi connectivity index (χ4n) is 2.94. The van der Waals surface area contributed by atoms with Crippen LogP contribution in [0.2, 0.25) is 0 Å². The Kier molecular flexibility index (Phi) is 1.86. The lowest BCUT2D eigenvalue weighted by Gasteiger charge is -2.39. The first-order valence-corrected chi connectivity index (χ1v) is 5.23. The van der Waals surface area contributed by atoms with Crippen molar-refractivity contribution in [3.63, 3.8) is 0 Å². The number of carbonyl (C=O) groups excluding carboxylic acids is 1. The van der Waals surface area contributed by atoms with E-state index in [1.54, 1.807) is 0 Å². The summed E-state index contributed by atoms with van der Waals surface area (Å²) in [6.45, 7) is 6.74. The summed E-state index contributed by atoms with van der Waals surface area (Å²) in [4.78, 5) is 11.6. The van der Waals surface area contributed by atoms with E-state index in [2.05, 4.69) is 26.8 Å². The molecule has 1 saturated carbocycles. The van der Waals surface area contributed by atoms with Crippen molar-refractivity contribution in [2.75, 3.05) is 0 Å². The van der Waals surface area contributed by atoms with Crippen LogP contribution in [0, 0.1) is 17.3 Å². The van der Waals surface area contributed by atoms with Gasteiger partial charge >= 0.3 is 0 Å². The molecular weight excluding hydrogens is 160 g/mol. The number of Topliss-reactive ketones (excluding diaryl/α,β-unsaturated/α-hetero) is 1. The minimum Gasteiger partial charge on any atom is -0.300 e. The summed E-state index contributed by atoms with van der Waals surface area (Å²) < 4.78 is 0. The van der Waals surface area contributed by atoms with E-state index in [0.29, 0.717) is 17.6 Å². The zero-order chi connectivity index (χ0) is 9.64. The van der Waals surface area contributed by atoms with Crippen molar-refractivity contribution in [3.8, 4) is 0 Å². The standard InChI is InChI=1S/C12H18O/c1-8-4-10-5-9(2)12(8,3)7-11(13)6-10/h4,9-10H,5-7H2,1-3H3. The highest BCUT2D eigenvalue weighted by molar-refractivity contribution is 5.81. The third-order valence-corrected chi connectivity index (χ3v) is 4.18. The average molecular weight is 178 g/mol. The topological polar surface area (TPSA) is 17.1 Å². The maximum atomic E-state index is 11.6. The summed E-state index contributed by atoms with van der Waals surface area (Å²) in [6.07, 6.45) is 5.11. The van der Waals surface area contributed by atoms with Gasteiger partial charge in [0, 0.05) is 12.8 Å². The molecule has 0 N–H and O–H groups in total. The van der Waals surface area contributed by atoms with E-state index in [9.17, 15) is 4.79 Å². The number of carbonyl (C=O) groups is 1. The van der Waals surface area contributed by atoms with Crippen LogP contribution in [0.4, 0.5) is 0 Å². The van der Waals surface area contributed by atoms with E-state index in [4.69, 9.17) is 0 Å². The highest BCUT2D eigenvalue weighted by atomic mass is 16.1. The first-order valence-electron chi connectivity index (χ1n) is 5.23. The number of rotatable bonds is 0. The van der Waals surface area contributed by atoms with Crippen LogP contribution in [0.25, 0.3) is 0 Å². The number of fused-ring (bicyclic) bond motifs is 3. The van der Waals surface area contributed by atoms with E-state index < -0.39 is 0 Å². The molecule has 3 unspecified atom stereocenters. The molecule has 0 spiro atoms. The average Bonchev–Trinajstić information content (AvgIpc) is 2.15. The van der Waals surface area contributed by atoms with Crippen molar-refractivity contribution in [1.29, 1.82) is 0 Å². The first-order chi connectivity index (χ1) is 6.02. The Balaban J connectivity index is 2.44. The fourth-order valence-corrected chi connectivity index (χ4v) is 2.94. The maximum absolute atomic E-state index is 11.6. The predicted molar refractivity (Wildman–Crippen MR) is 53.4 cm³/mol. The Labute approximate surface area is 80.2 Å². The smallest absolute Gasteiger partial charge is 0.134 e. The van der Waals surface area contributed by atoms with Gasteiger partial charge in [-0.15, -0.1) is 0 Å². The quantitative estimate of drug-likeness (QED) is 0.521. The van der Waals surface area contributed by atoms with Gasteiger partial charge in [0.15, 0.2) is 0 Å². The van der Waals surface area contributed by atoms with Crippen LogP contribution >= 0.6 is 0 Å². The minimum absolute atomic E-state index is 0.171. The third kappa shape index (κ3) is 1.25. The van der Waals surface area contributed by atoms with Crippen LogP contribution in [-0.2, 0) is 4.79 Å². The van der Waals surface area contributed by atoms with Crippen LogP contribution in [0.15, 0.2) is 11.6 Å². The SMILES string of the molecule is CC1=CC2CC(=O)CC1(C)C(C)C2. The van der Waals surface area contributed by atoms with Gasteiger partial charge in [-0.2, -0.15) is 0 Å². The summed E-state index contributed by atoms with van der Waals surface area (Å²) in [6, 6.07) is 0. The Morgan fingerprint density at radius 1 is 1.54 bits per heavy atom. The second-order valence-electron chi connectivity index (χ2n) is 5.08. The molecular formula is C12H18O. The molecule has 72 valence electrons. The molecule has 0 aliphatic heterocycles. The van der Waals surface area contributed by atoms with Gasteiger partial charge in [0.25, 0.3) is 0 Å². The van der Waals surface area contributed by atoms with Gasteiger partial charge in [-0.1, -0.05) is 25.5 Å². The summed E-state index contributed by atoms with van der Waals surface area (Å²) in [5, 5.41) is 0. The van der Waals surface area contributed by atoms with E-state index in [1.807, 2.05) is 0 Å². The number of hydrogen-bond acceptors (Lipinski definition) is 1. The Morgan fingerprint density at radius 3 is 2.85 bits per heavy atom. The molecule has 0 aromatic heterocycles. The van der Waals surface area contributed by atoms with Crippen LogP contribution in [0.3, 0.4) is 0 Å². The maximum Gasteiger partial charge on any atom is 0.134 e. The van der Waals surface area contributed by atoms with E-state index in [1.165, 1.54) is 12.0 Å². The molecule has 1 fully saturated rings. The van der Waals surface area contributed by atoms with Crippen molar-refractivity contribution in [1.82, 2.24) is 0 Å². The van der Waals surface area contributed by atoms with E-state index >= 15 is 0 Å². The molecule has 0 saturated heterocycles. The summed E-state index contributed by atoms with van der Waals surface area (Å²) >= 11 is 0. The van der Waals surface area contributed by atoms with Gasteiger partial charge in [0.1, 0.15) is 5.78 Å². The number of hydrogen-bond donors (Lipinski definition) is 0. The van der Waals surface area contributed by atoms with Gasteiger partial charge in [-0.3, -0.25) is 4.79 Å². The third-order valence-electron chi connectivity index (χ3n) is 4.18. The van der Waals surface area contributed by atoms with Crippen molar-refractivity contribution < 1.29 is 4.79 Å². The van der Waals surface area contributed by atoms with Crippen molar-refractivity contribution in [2.24, 2.45) is 17.3 Å². The molecule has 3 rings (SSSR count). The lowest BCUT2D eigenvalue weighted by atomic mass is 9.66. The molecule has 2 bridgehead atoms. The zero-order valence-electron chi connectivity index (χ0n) is 8.76. The highest BCUT2D eigenvalue weighted by Gasteiger charge is 2.42. The minimum atomic E-state index is 0.171. The zero-order valence-corrected chi connectivity index (χ0v) is 8.76. The molecule has 1 nitrogen and oxygen atoms in total. The van der Waals surface area contributed by atoms with Gasteiger partial charge in [-0.25, -0.2) is 0 Å². The molecule has 1 heteroatoms. The van der Waals surface area contributed by atoms with Gasteiger partial charge in [0.2, 0.25) is 0 Å². The molecule has 13 heavy (non-hydrogen) atoms. The lowest BCUT2D eigenvalue weighted by molar-refractivity contribution is -0.120. The van der Waals surface area contributed by atoms with E-state index in [-0.39, 0.29) is 5.41 Å².